The molecule has 172 valence electrons. The van der Waals surface area contributed by atoms with E-state index in [0.29, 0.717) is 45.3 Å². The van der Waals surface area contributed by atoms with Crippen molar-refractivity contribution >= 4 is 38.7 Å². The van der Waals surface area contributed by atoms with E-state index >= 15 is 0 Å². The first-order valence-corrected chi connectivity index (χ1v) is 11.0. The van der Waals surface area contributed by atoms with Crippen molar-refractivity contribution in [1.29, 1.82) is 0 Å². The third-order valence-electron chi connectivity index (χ3n) is 5.63. The van der Waals surface area contributed by atoms with Crippen molar-refractivity contribution in [2.45, 2.75) is 27.2 Å². The lowest BCUT2D eigenvalue weighted by atomic mass is 10.1. The van der Waals surface area contributed by atoms with Gasteiger partial charge in [-0.15, -0.1) is 0 Å². The second-order valence-corrected chi connectivity index (χ2v) is 8.65. The summed E-state index contributed by atoms with van der Waals surface area (Å²) in [6.45, 7) is 5.52. The number of aryl methyl sites for hydroxylation is 1. The van der Waals surface area contributed by atoms with Crippen LogP contribution < -0.4 is 16.0 Å². The van der Waals surface area contributed by atoms with Crippen molar-refractivity contribution in [3.63, 3.8) is 0 Å². The standard InChI is InChI=1S/C26H22N2O6/c1-14(2)10-19-24-25(18-6-4-5-7-20(18)34-26(24)31)28(27-19)22(29)13-32-16-8-9-17-15(3)11-23(30)33-21(17)12-16/h4-9,11-12,14H,10,13H2,1-3H3. The molecular formula is C26H22N2O6. The highest BCUT2D eigenvalue weighted by molar-refractivity contribution is 6.07. The summed E-state index contributed by atoms with van der Waals surface area (Å²) in [7, 11) is 0. The molecule has 5 rings (SSSR count). The Hall–Kier alpha value is -4.20. The molecule has 8 heteroatoms. The van der Waals surface area contributed by atoms with Gasteiger partial charge >= 0.3 is 11.3 Å². The maximum absolute atomic E-state index is 13.2. The second-order valence-electron chi connectivity index (χ2n) is 8.65. The van der Waals surface area contributed by atoms with Crippen molar-refractivity contribution in [1.82, 2.24) is 9.78 Å². The van der Waals surface area contributed by atoms with Crippen LogP contribution >= 0.6 is 0 Å². The molecule has 0 unspecified atom stereocenters. The Balaban J connectivity index is 1.55. The number of ether oxygens (including phenoxy) is 1. The first-order valence-electron chi connectivity index (χ1n) is 11.0. The summed E-state index contributed by atoms with van der Waals surface area (Å²) in [6, 6.07) is 13.5. The molecule has 0 aliphatic rings. The summed E-state index contributed by atoms with van der Waals surface area (Å²) in [5.41, 5.74) is 1.50. The Bertz CT molecular complexity index is 1690. The number of hydrogen-bond acceptors (Lipinski definition) is 7. The lowest BCUT2D eigenvalue weighted by Crippen LogP contribution is -2.21. The highest BCUT2D eigenvalue weighted by Gasteiger charge is 2.23. The maximum atomic E-state index is 13.2. The van der Waals surface area contributed by atoms with E-state index in [1.807, 2.05) is 26.8 Å². The van der Waals surface area contributed by atoms with Gasteiger partial charge < -0.3 is 13.6 Å². The average molecular weight is 458 g/mol. The van der Waals surface area contributed by atoms with Crippen molar-refractivity contribution < 1.29 is 18.4 Å². The molecule has 0 aliphatic carbocycles. The predicted molar refractivity (Wildman–Crippen MR) is 128 cm³/mol. The number of hydrogen-bond donors (Lipinski definition) is 0. The molecule has 0 atom stereocenters. The molecular weight excluding hydrogens is 436 g/mol. The second kappa shape index (κ2) is 8.30. The molecule has 3 aromatic heterocycles. The maximum Gasteiger partial charge on any atom is 0.347 e. The van der Waals surface area contributed by atoms with Gasteiger partial charge in [0.2, 0.25) is 0 Å². The van der Waals surface area contributed by atoms with Crippen LogP contribution in [0.3, 0.4) is 0 Å². The van der Waals surface area contributed by atoms with E-state index in [2.05, 4.69) is 5.10 Å². The van der Waals surface area contributed by atoms with E-state index < -0.39 is 17.2 Å². The van der Waals surface area contributed by atoms with Crippen LogP contribution in [-0.4, -0.2) is 22.3 Å². The van der Waals surface area contributed by atoms with Gasteiger partial charge in [0, 0.05) is 22.9 Å². The van der Waals surface area contributed by atoms with Gasteiger partial charge in [0.05, 0.1) is 11.2 Å². The number of nitrogens with zero attached hydrogens (tertiary/aromatic N) is 2. The van der Waals surface area contributed by atoms with Crippen molar-refractivity contribution in [3.05, 3.63) is 80.6 Å². The van der Waals surface area contributed by atoms with Crippen LogP contribution in [0.2, 0.25) is 0 Å². The summed E-state index contributed by atoms with van der Waals surface area (Å²) in [5.74, 6) is 0.152. The molecule has 0 N–H and O–H groups in total. The fourth-order valence-electron chi connectivity index (χ4n) is 4.14. The average Bonchev–Trinajstić information content (AvgIpc) is 3.16. The third-order valence-corrected chi connectivity index (χ3v) is 5.63. The molecule has 0 fully saturated rings. The van der Waals surface area contributed by atoms with Gasteiger partial charge in [-0.25, -0.2) is 9.59 Å². The number of rotatable bonds is 5. The Morgan fingerprint density at radius 3 is 2.62 bits per heavy atom. The molecule has 5 aromatic rings. The molecule has 0 bridgehead atoms. The van der Waals surface area contributed by atoms with Crippen molar-refractivity contribution in [2.24, 2.45) is 5.92 Å². The quantitative estimate of drug-likeness (QED) is 0.358. The Morgan fingerprint density at radius 2 is 1.82 bits per heavy atom. The minimum absolute atomic E-state index is 0.222. The minimum atomic E-state index is -0.524. The SMILES string of the molecule is Cc1cc(=O)oc2cc(OCC(=O)n3nc(CC(C)C)c4c(=O)oc5ccccc5c43)ccc12. The van der Waals surface area contributed by atoms with Crippen LogP contribution in [-0.2, 0) is 6.42 Å². The summed E-state index contributed by atoms with van der Waals surface area (Å²) < 4.78 is 17.7. The highest BCUT2D eigenvalue weighted by atomic mass is 16.5. The van der Waals surface area contributed by atoms with Gasteiger partial charge in [0.25, 0.3) is 5.91 Å². The van der Waals surface area contributed by atoms with Gasteiger partial charge in [0.15, 0.2) is 6.61 Å². The predicted octanol–water partition coefficient (Wildman–Crippen LogP) is 4.48. The number of carbonyl (C=O) groups excluding carboxylic acids is 1. The van der Waals surface area contributed by atoms with Crippen LogP contribution in [0.15, 0.2) is 67.0 Å². The van der Waals surface area contributed by atoms with Gasteiger partial charge in [-0.1, -0.05) is 26.0 Å². The van der Waals surface area contributed by atoms with E-state index in [-0.39, 0.29) is 12.5 Å². The van der Waals surface area contributed by atoms with Crippen LogP contribution in [0.1, 0.15) is 29.9 Å². The normalized spacial score (nSPS) is 11.6. The van der Waals surface area contributed by atoms with E-state index in [1.165, 1.54) is 10.7 Å². The lowest BCUT2D eigenvalue weighted by molar-refractivity contribution is 0.0826. The summed E-state index contributed by atoms with van der Waals surface area (Å²) in [6.07, 6.45) is 0.518. The smallest absolute Gasteiger partial charge is 0.347 e. The van der Waals surface area contributed by atoms with Gasteiger partial charge in [-0.2, -0.15) is 9.78 Å². The molecule has 2 aromatic carbocycles. The highest BCUT2D eigenvalue weighted by Crippen LogP contribution is 2.27. The first kappa shape index (κ1) is 21.6. The van der Waals surface area contributed by atoms with E-state index in [9.17, 15) is 14.4 Å². The number of para-hydroxylation sites is 1. The molecule has 0 radical (unpaired) electrons. The minimum Gasteiger partial charge on any atom is -0.484 e. The zero-order chi connectivity index (χ0) is 24.0. The first-order chi connectivity index (χ1) is 16.3. The zero-order valence-corrected chi connectivity index (χ0v) is 19.0. The van der Waals surface area contributed by atoms with E-state index in [0.717, 1.165) is 10.9 Å². The van der Waals surface area contributed by atoms with E-state index in [4.69, 9.17) is 13.6 Å². The molecule has 0 spiro atoms. The monoisotopic (exact) mass is 458 g/mol. The van der Waals surface area contributed by atoms with Crippen LogP contribution in [0.4, 0.5) is 0 Å². The van der Waals surface area contributed by atoms with Gasteiger partial charge in [0.1, 0.15) is 22.3 Å². The molecule has 0 aliphatic heterocycles. The van der Waals surface area contributed by atoms with Gasteiger partial charge in [-0.3, -0.25) is 4.79 Å². The molecule has 0 saturated carbocycles. The fourth-order valence-corrected chi connectivity index (χ4v) is 4.14. The Morgan fingerprint density at radius 1 is 1.03 bits per heavy atom. The van der Waals surface area contributed by atoms with Gasteiger partial charge in [-0.05, 0) is 49.1 Å². The number of fused-ring (bicyclic) bond motifs is 4. The molecule has 0 saturated heterocycles. The lowest BCUT2D eigenvalue weighted by Gasteiger charge is -2.08. The fraction of sp³-hybridized carbons (Fsp3) is 0.231. The summed E-state index contributed by atoms with van der Waals surface area (Å²) in [5, 5.41) is 6.21. The Labute approximate surface area is 193 Å². The van der Waals surface area contributed by atoms with Crippen molar-refractivity contribution in [2.75, 3.05) is 6.61 Å². The number of benzene rings is 2. The molecule has 0 amide bonds. The largest absolute Gasteiger partial charge is 0.484 e. The summed E-state index contributed by atoms with van der Waals surface area (Å²) >= 11 is 0. The zero-order valence-electron chi connectivity index (χ0n) is 19.0. The molecule has 8 nitrogen and oxygen atoms in total. The van der Waals surface area contributed by atoms with Crippen LogP contribution in [0.25, 0.3) is 32.8 Å². The Kier molecular flexibility index (Phi) is 5.28. The third kappa shape index (κ3) is 3.77. The van der Waals surface area contributed by atoms with E-state index in [1.54, 1.807) is 36.4 Å². The van der Waals surface area contributed by atoms with Crippen molar-refractivity contribution in [3.8, 4) is 5.75 Å². The summed E-state index contributed by atoms with van der Waals surface area (Å²) in [4.78, 5) is 37.7. The van der Waals surface area contributed by atoms with Crippen LogP contribution in [0, 0.1) is 12.8 Å². The number of carbonyl (C=O) groups is 1. The number of aromatic nitrogens is 2. The molecule has 3 heterocycles. The topological polar surface area (TPSA) is 105 Å². The molecule has 34 heavy (non-hydrogen) atoms. The van der Waals surface area contributed by atoms with Crippen LogP contribution in [0.5, 0.6) is 5.75 Å².